The quantitative estimate of drug-likeness (QED) is 0.558. The molecule has 0 atom stereocenters. The van der Waals surface area contributed by atoms with Gasteiger partial charge in [0.1, 0.15) is 0 Å². The van der Waals surface area contributed by atoms with E-state index in [0.29, 0.717) is 0 Å². The number of anilines is 1. The molecule has 0 amide bonds. The highest BCUT2D eigenvalue weighted by Gasteiger charge is 2.13. The Balaban J connectivity index is 1.94. The number of piperidine rings is 1. The van der Waals surface area contributed by atoms with Gasteiger partial charge in [0.15, 0.2) is 0 Å². The Morgan fingerprint density at radius 3 is 2.15 bits per heavy atom. The Bertz CT molecular complexity index is 754. The van der Waals surface area contributed by atoms with Gasteiger partial charge in [-0.05, 0) is 53.6 Å². The number of benzene rings is 3. The second kappa shape index (κ2) is 4.82. The fraction of sp³-hybridized carbons (Fsp3) is 0.263. The molecular weight excluding hydrogens is 242 g/mol. The molecule has 1 aliphatic rings. The van der Waals surface area contributed by atoms with Crippen molar-refractivity contribution in [3.05, 3.63) is 54.6 Å². The van der Waals surface area contributed by atoms with Gasteiger partial charge in [0, 0.05) is 24.2 Å². The van der Waals surface area contributed by atoms with Gasteiger partial charge in [-0.15, -0.1) is 0 Å². The van der Waals surface area contributed by atoms with E-state index in [-0.39, 0.29) is 0 Å². The van der Waals surface area contributed by atoms with Crippen LogP contribution in [0.4, 0.5) is 5.69 Å². The van der Waals surface area contributed by atoms with Crippen LogP contribution in [0.3, 0.4) is 0 Å². The summed E-state index contributed by atoms with van der Waals surface area (Å²) in [4.78, 5) is 2.56. The molecule has 0 N–H and O–H groups in total. The number of hydrogen-bond acceptors (Lipinski definition) is 1. The van der Waals surface area contributed by atoms with Crippen molar-refractivity contribution < 1.29 is 0 Å². The highest BCUT2D eigenvalue weighted by atomic mass is 15.1. The summed E-state index contributed by atoms with van der Waals surface area (Å²) < 4.78 is 0. The third kappa shape index (κ3) is 1.94. The number of hydrogen-bond donors (Lipinski definition) is 0. The Kier molecular flexibility index (Phi) is 2.84. The van der Waals surface area contributed by atoms with Crippen molar-refractivity contribution in [2.45, 2.75) is 19.3 Å². The average Bonchev–Trinajstić information content (AvgIpc) is 2.53. The molecule has 0 spiro atoms. The molecule has 4 rings (SSSR count). The highest BCUT2D eigenvalue weighted by molar-refractivity contribution is 6.03. The van der Waals surface area contributed by atoms with Crippen LogP contribution in [-0.4, -0.2) is 13.1 Å². The fourth-order valence-corrected chi connectivity index (χ4v) is 3.36. The van der Waals surface area contributed by atoms with Crippen LogP contribution in [0.1, 0.15) is 19.3 Å². The molecule has 0 radical (unpaired) electrons. The smallest absolute Gasteiger partial charge is 0.0446 e. The average molecular weight is 261 g/mol. The van der Waals surface area contributed by atoms with Crippen molar-refractivity contribution in [3.63, 3.8) is 0 Å². The minimum atomic E-state index is 1.20. The maximum atomic E-state index is 2.56. The van der Waals surface area contributed by atoms with Gasteiger partial charge in [0.25, 0.3) is 0 Å². The molecule has 20 heavy (non-hydrogen) atoms. The van der Waals surface area contributed by atoms with Gasteiger partial charge in [-0.25, -0.2) is 0 Å². The van der Waals surface area contributed by atoms with Crippen molar-refractivity contribution in [3.8, 4) is 0 Å². The van der Waals surface area contributed by atoms with Crippen molar-refractivity contribution in [2.24, 2.45) is 0 Å². The van der Waals surface area contributed by atoms with Crippen molar-refractivity contribution >= 4 is 27.2 Å². The molecule has 1 nitrogen and oxygen atoms in total. The van der Waals surface area contributed by atoms with Crippen LogP contribution in [0.2, 0.25) is 0 Å². The van der Waals surface area contributed by atoms with Crippen molar-refractivity contribution in [2.75, 3.05) is 18.0 Å². The van der Waals surface area contributed by atoms with E-state index in [1.807, 2.05) is 0 Å². The Morgan fingerprint density at radius 2 is 1.35 bits per heavy atom. The van der Waals surface area contributed by atoms with Gasteiger partial charge in [-0.2, -0.15) is 0 Å². The molecule has 1 fully saturated rings. The lowest BCUT2D eigenvalue weighted by Crippen LogP contribution is -2.29. The van der Waals surface area contributed by atoms with Gasteiger partial charge in [-0.1, -0.05) is 36.4 Å². The summed E-state index contributed by atoms with van der Waals surface area (Å²) >= 11 is 0. The molecule has 0 aliphatic carbocycles. The first-order chi connectivity index (χ1) is 9.92. The Morgan fingerprint density at radius 1 is 0.650 bits per heavy atom. The maximum Gasteiger partial charge on any atom is 0.0446 e. The zero-order valence-corrected chi connectivity index (χ0v) is 11.7. The normalized spacial score (nSPS) is 15.9. The molecule has 3 aromatic carbocycles. The van der Waals surface area contributed by atoms with E-state index in [1.54, 1.807) is 0 Å². The fourth-order valence-electron chi connectivity index (χ4n) is 3.36. The zero-order chi connectivity index (χ0) is 13.4. The molecule has 1 heterocycles. The molecule has 0 aromatic heterocycles. The van der Waals surface area contributed by atoms with Crippen LogP contribution in [-0.2, 0) is 0 Å². The largest absolute Gasteiger partial charge is 0.371 e. The third-order valence-electron chi connectivity index (χ3n) is 4.42. The Hall–Kier alpha value is -2.02. The van der Waals surface area contributed by atoms with Gasteiger partial charge in [0.05, 0.1) is 0 Å². The summed E-state index contributed by atoms with van der Waals surface area (Å²) in [5.41, 5.74) is 1.41. The lowest BCUT2D eigenvalue weighted by Gasteiger charge is -2.30. The molecule has 0 unspecified atom stereocenters. The second-order valence-electron chi connectivity index (χ2n) is 5.75. The van der Waals surface area contributed by atoms with Gasteiger partial charge < -0.3 is 4.90 Å². The summed E-state index contributed by atoms with van der Waals surface area (Å²) in [6.07, 6.45) is 4.03. The van der Waals surface area contributed by atoms with Gasteiger partial charge in [-0.3, -0.25) is 0 Å². The van der Waals surface area contributed by atoms with Crippen molar-refractivity contribution in [1.82, 2.24) is 0 Å². The molecule has 1 aliphatic heterocycles. The highest BCUT2D eigenvalue weighted by Crippen LogP contribution is 2.32. The standard InChI is InChI=1S/C19H19N/c1-4-11-20(12-5-1)19-10-6-9-17-13-15-7-2-3-8-16(15)14-18(17)19/h2-3,6-10,13-14H,1,4-5,11-12H2. The summed E-state index contributed by atoms with van der Waals surface area (Å²) in [6, 6.07) is 20.0. The van der Waals surface area contributed by atoms with Gasteiger partial charge in [0.2, 0.25) is 0 Å². The molecule has 3 aromatic rings. The SMILES string of the molecule is c1ccc2cc3c(N4CCCCC4)cccc3cc2c1. The first-order valence-corrected chi connectivity index (χ1v) is 7.58. The summed E-state index contributed by atoms with van der Waals surface area (Å²) in [5.74, 6) is 0. The lowest BCUT2D eigenvalue weighted by atomic mass is 10.0. The van der Waals surface area contributed by atoms with Crippen LogP contribution in [0, 0.1) is 0 Å². The van der Waals surface area contributed by atoms with E-state index in [2.05, 4.69) is 59.5 Å². The topological polar surface area (TPSA) is 3.24 Å². The van der Waals surface area contributed by atoms with Crippen LogP contribution in [0.5, 0.6) is 0 Å². The van der Waals surface area contributed by atoms with Crippen LogP contribution >= 0.6 is 0 Å². The van der Waals surface area contributed by atoms with Crippen LogP contribution in [0.15, 0.2) is 54.6 Å². The van der Waals surface area contributed by atoms with E-state index in [9.17, 15) is 0 Å². The van der Waals surface area contributed by atoms with E-state index >= 15 is 0 Å². The summed E-state index contributed by atoms with van der Waals surface area (Å²) in [5, 5.41) is 5.42. The maximum absolute atomic E-state index is 2.56. The van der Waals surface area contributed by atoms with Crippen LogP contribution < -0.4 is 4.90 Å². The van der Waals surface area contributed by atoms with E-state index in [1.165, 1.54) is 59.6 Å². The molecule has 1 saturated heterocycles. The minimum absolute atomic E-state index is 1.20. The van der Waals surface area contributed by atoms with E-state index < -0.39 is 0 Å². The number of fused-ring (bicyclic) bond motifs is 2. The second-order valence-corrected chi connectivity index (χ2v) is 5.75. The van der Waals surface area contributed by atoms with Crippen LogP contribution in [0.25, 0.3) is 21.5 Å². The summed E-state index contributed by atoms with van der Waals surface area (Å²) in [6.45, 7) is 2.40. The molecule has 0 bridgehead atoms. The zero-order valence-electron chi connectivity index (χ0n) is 11.7. The molecule has 0 saturated carbocycles. The first-order valence-electron chi connectivity index (χ1n) is 7.58. The number of nitrogens with zero attached hydrogens (tertiary/aromatic N) is 1. The monoisotopic (exact) mass is 261 g/mol. The third-order valence-corrected chi connectivity index (χ3v) is 4.42. The van der Waals surface area contributed by atoms with E-state index in [4.69, 9.17) is 0 Å². The lowest BCUT2D eigenvalue weighted by molar-refractivity contribution is 0.579. The van der Waals surface area contributed by atoms with E-state index in [0.717, 1.165) is 0 Å². The predicted octanol–water partition coefficient (Wildman–Crippen LogP) is 4.98. The molecule has 100 valence electrons. The molecule has 1 heteroatoms. The Labute approximate surface area is 119 Å². The van der Waals surface area contributed by atoms with Gasteiger partial charge >= 0.3 is 0 Å². The summed E-state index contributed by atoms with van der Waals surface area (Å²) in [7, 11) is 0. The predicted molar refractivity (Wildman–Crippen MR) is 87.5 cm³/mol. The van der Waals surface area contributed by atoms with Crippen molar-refractivity contribution in [1.29, 1.82) is 0 Å². The molecular formula is C19H19N. The first kappa shape index (κ1) is 11.8. The number of rotatable bonds is 1. The minimum Gasteiger partial charge on any atom is -0.371 e.